The van der Waals surface area contributed by atoms with Gasteiger partial charge in [-0.1, -0.05) is 43.7 Å². The van der Waals surface area contributed by atoms with Crippen LogP contribution in [0.15, 0.2) is 24.3 Å². The molecule has 0 saturated heterocycles. The van der Waals surface area contributed by atoms with Crippen molar-refractivity contribution in [2.24, 2.45) is 5.92 Å². The smallest absolute Gasteiger partial charge is 0.408 e. The number of nitrogens with one attached hydrogen (secondary N) is 1. The van der Waals surface area contributed by atoms with E-state index in [9.17, 15) is 13.2 Å². The first kappa shape index (κ1) is 20.5. The van der Waals surface area contributed by atoms with Crippen LogP contribution in [0.2, 0.25) is 0 Å². The lowest BCUT2D eigenvalue weighted by Crippen LogP contribution is -2.44. The second-order valence-corrected chi connectivity index (χ2v) is 9.74. The average Bonchev–Trinajstić information content (AvgIpc) is 2.37. The van der Waals surface area contributed by atoms with Crippen molar-refractivity contribution in [2.75, 3.05) is 0 Å². The monoisotopic (exact) mass is 355 g/mol. The first-order valence-electron chi connectivity index (χ1n) is 8.15. The normalized spacial score (nSPS) is 13.6. The molecule has 0 spiro atoms. The molecule has 0 unspecified atom stereocenters. The number of hydrogen-bond donors (Lipinski definition) is 1. The Hall–Kier alpha value is -1.56. The summed E-state index contributed by atoms with van der Waals surface area (Å²) in [5, 5.41) is 1.56. The summed E-state index contributed by atoms with van der Waals surface area (Å²) in [7, 11) is -3.55. The summed E-state index contributed by atoms with van der Waals surface area (Å²) in [6, 6.07) is 7.35. The summed E-state index contributed by atoms with van der Waals surface area (Å²) in [6.07, 6.45) is -0.367. The van der Waals surface area contributed by atoms with Gasteiger partial charge in [-0.15, -0.1) is 0 Å². The van der Waals surface area contributed by atoms with E-state index in [1.807, 2.05) is 32.9 Å². The third-order valence-electron chi connectivity index (χ3n) is 3.29. The predicted octanol–water partition coefficient (Wildman–Crippen LogP) is 3.81. The standard InChI is InChI=1S/C18H29NO4S/c1-13(2)11-16(19-17(20)23-18(4,5)6)24(21,22)12-15-9-7-14(3)8-10-15/h7-10,13,16H,11-12H2,1-6H3,(H,19,20)/t16-/m1/s1. The van der Waals surface area contributed by atoms with Crippen molar-refractivity contribution >= 4 is 15.9 Å². The van der Waals surface area contributed by atoms with Crippen LogP contribution in [-0.4, -0.2) is 25.5 Å². The number of alkyl carbamates (subject to hydrolysis) is 1. The van der Waals surface area contributed by atoms with Gasteiger partial charge in [-0.25, -0.2) is 13.2 Å². The molecule has 1 aromatic carbocycles. The minimum absolute atomic E-state index is 0.111. The average molecular weight is 356 g/mol. The van der Waals surface area contributed by atoms with Crippen LogP contribution in [0.1, 0.15) is 52.2 Å². The SMILES string of the molecule is Cc1ccc(CS(=O)(=O)[C@H](CC(C)C)NC(=O)OC(C)(C)C)cc1. The molecule has 0 aliphatic carbocycles. The molecule has 24 heavy (non-hydrogen) atoms. The Labute approximate surface area is 145 Å². The van der Waals surface area contributed by atoms with Crippen molar-refractivity contribution in [1.29, 1.82) is 0 Å². The topological polar surface area (TPSA) is 72.5 Å². The molecular formula is C18H29NO4S. The Kier molecular flexibility index (Phi) is 6.84. The van der Waals surface area contributed by atoms with Crippen molar-refractivity contribution in [1.82, 2.24) is 5.32 Å². The number of amides is 1. The zero-order valence-electron chi connectivity index (χ0n) is 15.4. The molecule has 1 aromatic rings. The molecule has 0 saturated carbocycles. The van der Waals surface area contributed by atoms with E-state index in [0.29, 0.717) is 12.0 Å². The molecule has 6 heteroatoms. The first-order valence-corrected chi connectivity index (χ1v) is 9.87. The van der Waals surface area contributed by atoms with Crippen LogP contribution in [0.25, 0.3) is 0 Å². The van der Waals surface area contributed by atoms with Gasteiger partial charge in [0.1, 0.15) is 11.0 Å². The number of hydrogen-bond acceptors (Lipinski definition) is 4. The van der Waals surface area contributed by atoms with Crippen LogP contribution in [0.4, 0.5) is 4.79 Å². The third kappa shape index (κ3) is 7.34. The van der Waals surface area contributed by atoms with Crippen LogP contribution in [0.3, 0.4) is 0 Å². The molecule has 0 aromatic heterocycles. The minimum Gasteiger partial charge on any atom is -0.444 e. The van der Waals surface area contributed by atoms with E-state index >= 15 is 0 Å². The number of carbonyl (C=O) groups is 1. The summed E-state index contributed by atoms with van der Waals surface area (Å²) in [6.45, 7) is 11.0. The Bertz CT molecular complexity index is 643. The fourth-order valence-electron chi connectivity index (χ4n) is 2.18. The van der Waals surface area contributed by atoms with Crippen molar-refractivity contribution in [3.63, 3.8) is 0 Å². The quantitative estimate of drug-likeness (QED) is 0.842. The van der Waals surface area contributed by atoms with Crippen molar-refractivity contribution < 1.29 is 17.9 Å². The van der Waals surface area contributed by atoms with Gasteiger partial charge in [-0.2, -0.15) is 0 Å². The zero-order chi connectivity index (χ0) is 18.5. The third-order valence-corrected chi connectivity index (χ3v) is 5.20. The van der Waals surface area contributed by atoms with Crippen LogP contribution in [0, 0.1) is 12.8 Å². The second kappa shape index (κ2) is 8.01. The van der Waals surface area contributed by atoms with E-state index in [2.05, 4.69) is 5.32 Å². The fourth-order valence-corrected chi connectivity index (χ4v) is 3.99. The van der Waals surface area contributed by atoms with E-state index in [-0.39, 0.29) is 11.7 Å². The molecule has 5 nitrogen and oxygen atoms in total. The lowest BCUT2D eigenvalue weighted by molar-refractivity contribution is 0.0516. The molecule has 0 aliphatic heterocycles. The molecule has 1 N–H and O–H groups in total. The van der Waals surface area contributed by atoms with Gasteiger partial charge in [0.15, 0.2) is 9.84 Å². The number of benzene rings is 1. The van der Waals surface area contributed by atoms with Gasteiger partial charge in [0.05, 0.1) is 5.75 Å². The van der Waals surface area contributed by atoms with E-state index in [1.54, 1.807) is 32.9 Å². The predicted molar refractivity (Wildman–Crippen MR) is 96.4 cm³/mol. The maximum absolute atomic E-state index is 12.8. The van der Waals surface area contributed by atoms with Crippen LogP contribution in [0.5, 0.6) is 0 Å². The highest BCUT2D eigenvalue weighted by Gasteiger charge is 2.30. The molecule has 0 fully saturated rings. The number of ether oxygens (including phenoxy) is 1. The molecule has 1 amide bonds. The molecular weight excluding hydrogens is 326 g/mol. The Morgan fingerprint density at radius 1 is 1.17 bits per heavy atom. The summed E-state index contributed by atoms with van der Waals surface area (Å²) in [4.78, 5) is 12.0. The zero-order valence-corrected chi connectivity index (χ0v) is 16.2. The Morgan fingerprint density at radius 2 is 1.71 bits per heavy atom. The minimum atomic E-state index is -3.55. The number of aryl methyl sites for hydroxylation is 1. The Morgan fingerprint density at radius 3 is 2.17 bits per heavy atom. The lowest BCUT2D eigenvalue weighted by Gasteiger charge is -2.24. The second-order valence-electron chi connectivity index (χ2n) is 7.56. The molecule has 0 aliphatic rings. The molecule has 0 bridgehead atoms. The van der Waals surface area contributed by atoms with Crippen molar-refractivity contribution in [2.45, 2.75) is 64.7 Å². The first-order chi connectivity index (χ1) is 10.9. The molecule has 0 heterocycles. The summed E-state index contributed by atoms with van der Waals surface area (Å²) in [5.41, 5.74) is 1.11. The number of rotatable bonds is 6. The van der Waals surface area contributed by atoms with E-state index in [4.69, 9.17) is 4.74 Å². The molecule has 1 atom stereocenters. The maximum atomic E-state index is 12.8. The molecule has 0 radical (unpaired) electrons. The highest BCUT2D eigenvalue weighted by molar-refractivity contribution is 7.91. The van der Waals surface area contributed by atoms with Gasteiger partial charge in [0, 0.05) is 0 Å². The Balaban J connectivity index is 2.92. The highest BCUT2D eigenvalue weighted by Crippen LogP contribution is 2.18. The largest absolute Gasteiger partial charge is 0.444 e. The van der Waals surface area contributed by atoms with Gasteiger partial charge < -0.3 is 10.1 Å². The van der Waals surface area contributed by atoms with Gasteiger partial charge in [0.25, 0.3) is 0 Å². The maximum Gasteiger partial charge on any atom is 0.408 e. The van der Waals surface area contributed by atoms with E-state index in [1.165, 1.54) is 0 Å². The summed E-state index contributed by atoms with van der Waals surface area (Å²) < 4.78 is 30.7. The number of sulfone groups is 1. The van der Waals surface area contributed by atoms with Crippen LogP contribution in [-0.2, 0) is 20.3 Å². The van der Waals surface area contributed by atoms with Crippen LogP contribution >= 0.6 is 0 Å². The van der Waals surface area contributed by atoms with Crippen molar-refractivity contribution in [3.05, 3.63) is 35.4 Å². The van der Waals surface area contributed by atoms with Crippen molar-refractivity contribution in [3.8, 4) is 0 Å². The van der Waals surface area contributed by atoms with Gasteiger partial charge in [0.2, 0.25) is 0 Å². The summed E-state index contributed by atoms with van der Waals surface area (Å²) >= 11 is 0. The van der Waals surface area contributed by atoms with Gasteiger partial charge in [-0.05, 0) is 45.6 Å². The lowest BCUT2D eigenvalue weighted by atomic mass is 10.1. The fraction of sp³-hybridized carbons (Fsp3) is 0.611. The van der Waals surface area contributed by atoms with E-state index < -0.39 is 26.9 Å². The number of carbonyl (C=O) groups excluding carboxylic acids is 1. The van der Waals surface area contributed by atoms with Gasteiger partial charge in [-0.3, -0.25) is 0 Å². The summed E-state index contributed by atoms with van der Waals surface area (Å²) in [5.74, 6) is 0.0122. The van der Waals surface area contributed by atoms with E-state index in [0.717, 1.165) is 5.56 Å². The highest BCUT2D eigenvalue weighted by atomic mass is 32.2. The van der Waals surface area contributed by atoms with Crippen LogP contribution < -0.4 is 5.32 Å². The van der Waals surface area contributed by atoms with Gasteiger partial charge >= 0.3 is 6.09 Å². The molecule has 136 valence electrons. The molecule has 1 rings (SSSR count).